The van der Waals surface area contributed by atoms with Crippen LogP contribution < -0.4 is 4.90 Å². The van der Waals surface area contributed by atoms with Gasteiger partial charge in [-0.1, -0.05) is 13.0 Å². The van der Waals surface area contributed by atoms with Gasteiger partial charge in [-0.25, -0.2) is 0 Å². The van der Waals surface area contributed by atoms with E-state index in [4.69, 9.17) is 4.74 Å². The molecule has 1 heterocycles. The molecule has 4 nitrogen and oxygen atoms in total. The van der Waals surface area contributed by atoms with Crippen LogP contribution in [0.3, 0.4) is 0 Å². The number of aromatic hydroxyl groups is 1. The summed E-state index contributed by atoms with van der Waals surface area (Å²) < 4.78 is 5.59. The predicted octanol–water partition coefficient (Wildman–Crippen LogP) is 2.56. The molecule has 1 aliphatic heterocycles. The van der Waals surface area contributed by atoms with E-state index in [1.165, 1.54) is 0 Å². The first-order valence-electron chi connectivity index (χ1n) is 6.89. The molecule has 19 heavy (non-hydrogen) atoms. The van der Waals surface area contributed by atoms with Crippen LogP contribution in [0.4, 0.5) is 5.69 Å². The van der Waals surface area contributed by atoms with Gasteiger partial charge in [-0.2, -0.15) is 0 Å². The lowest BCUT2D eigenvalue weighted by Gasteiger charge is -2.26. The average Bonchev–Trinajstić information content (AvgIpc) is 2.87. The van der Waals surface area contributed by atoms with E-state index >= 15 is 0 Å². The number of anilines is 1. The Morgan fingerprint density at radius 2 is 2.26 bits per heavy atom. The lowest BCUT2D eigenvalue weighted by molar-refractivity contribution is -0.124. The van der Waals surface area contributed by atoms with Gasteiger partial charge in [0.25, 0.3) is 0 Å². The minimum atomic E-state index is -0.0627. The first-order valence-corrected chi connectivity index (χ1v) is 6.89. The number of amides is 1. The first-order chi connectivity index (χ1) is 9.17. The van der Waals surface area contributed by atoms with Crippen molar-refractivity contribution in [3.8, 4) is 5.75 Å². The summed E-state index contributed by atoms with van der Waals surface area (Å²) in [4.78, 5) is 14.3. The number of carbonyl (C=O) groups is 1. The predicted molar refractivity (Wildman–Crippen MR) is 74.3 cm³/mol. The Labute approximate surface area is 114 Å². The van der Waals surface area contributed by atoms with E-state index < -0.39 is 0 Å². The third-order valence-electron chi connectivity index (χ3n) is 3.65. The van der Waals surface area contributed by atoms with Crippen LogP contribution in [0.2, 0.25) is 0 Å². The summed E-state index contributed by atoms with van der Waals surface area (Å²) in [5.74, 6) is 0.211. The Balaban J connectivity index is 2.19. The number of phenols is 1. The summed E-state index contributed by atoms with van der Waals surface area (Å²) in [5, 5.41) is 9.54. The second-order valence-corrected chi connectivity index (χ2v) is 4.82. The van der Waals surface area contributed by atoms with Crippen molar-refractivity contribution < 1.29 is 14.6 Å². The zero-order chi connectivity index (χ0) is 13.8. The van der Waals surface area contributed by atoms with Crippen LogP contribution in [0.15, 0.2) is 24.3 Å². The summed E-state index contributed by atoms with van der Waals surface area (Å²) >= 11 is 0. The van der Waals surface area contributed by atoms with E-state index in [0.29, 0.717) is 13.2 Å². The smallest absolute Gasteiger partial charge is 0.232 e. The minimum absolute atomic E-state index is 0.0267. The van der Waals surface area contributed by atoms with E-state index in [-0.39, 0.29) is 23.7 Å². The van der Waals surface area contributed by atoms with Crippen molar-refractivity contribution in [1.82, 2.24) is 0 Å². The molecule has 1 fully saturated rings. The van der Waals surface area contributed by atoms with Crippen molar-refractivity contribution in [2.75, 3.05) is 18.1 Å². The fraction of sp³-hybridized carbons (Fsp3) is 0.533. The maximum absolute atomic E-state index is 12.6. The molecule has 104 valence electrons. The Bertz CT molecular complexity index is 447. The van der Waals surface area contributed by atoms with Gasteiger partial charge in [-0.15, -0.1) is 0 Å². The molecule has 0 aliphatic carbocycles. The Morgan fingerprint density at radius 3 is 2.89 bits per heavy atom. The molecule has 1 aromatic rings. The van der Waals surface area contributed by atoms with E-state index in [0.717, 1.165) is 18.5 Å². The van der Waals surface area contributed by atoms with Gasteiger partial charge in [-0.05, 0) is 31.9 Å². The normalized spacial score (nSPS) is 22.4. The molecule has 0 saturated carbocycles. The van der Waals surface area contributed by atoms with Crippen molar-refractivity contribution in [3.63, 3.8) is 0 Å². The molecule has 0 bridgehead atoms. The van der Waals surface area contributed by atoms with Crippen molar-refractivity contribution in [2.45, 2.75) is 32.8 Å². The Hall–Kier alpha value is -1.55. The number of ether oxygens (including phenoxy) is 1. The summed E-state index contributed by atoms with van der Waals surface area (Å²) in [6, 6.07) is 6.83. The highest BCUT2D eigenvalue weighted by Gasteiger charge is 2.35. The molecule has 2 unspecified atom stereocenters. The molecule has 1 aliphatic rings. The topological polar surface area (TPSA) is 49.8 Å². The number of phenolic OH excluding ortho intramolecular Hbond substituents is 1. The second kappa shape index (κ2) is 6.06. The highest BCUT2D eigenvalue weighted by Crippen LogP contribution is 2.28. The average molecular weight is 263 g/mol. The molecule has 1 saturated heterocycles. The molecule has 2 atom stereocenters. The quantitative estimate of drug-likeness (QED) is 0.908. The molecule has 0 radical (unpaired) electrons. The van der Waals surface area contributed by atoms with Crippen molar-refractivity contribution in [1.29, 1.82) is 0 Å². The number of carbonyl (C=O) groups excluding carboxylic acids is 1. The number of benzene rings is 1. The van der Waals surface area contributed by atoms with E-state index in [1.54, 1.807) is 23.1 Å². The van der Waals surface area contributed by atoms with Gasteiger partial charge >= 0.3 is 0 Å². The standard InChI is InChI=1S/C15H21NO3/c1-3-14-13(8-9-19-14)15(18)16(4-2)11-6-5-7-12(17)10-11/h5-7,10,13-14,17H,3-4,8-9H2,1-2H3. The maximum atomic E-state index is 12.6. The maximum Gasteiger partial charge on any atom is 0.232 e. The van der Waals surface area contributed by atoms with Crippen molar-refractivity contribution in [3.05, 3.63) is 24.3 Å². The fourth-order valence-electron chi connectivity index (χ4n) is 2.66. The SMILES string of the molecule is CCC1OCCC1C(=O)N(CC)c1cccc(O)c1. The Morgan fingerprint density at radius 1 is 1.47 bits per heavy atom. The molecule has 1 aromatic carbocycles. The third-order valence-corrected chi connectivity index (χ3v) is 3.65. The van der Waals surface area contributed by atoms with Gasteiger partial charge in [0.15, 0.2) is 0 Å². The van der Waals surface area contributed by atoms with Gasteiger partial charge < -0.3 is 14.7 Å². The molecule has 0 aromatic heterocycles. The lowest BCUT2D eigenvalue weighted by Crippen LogP contribution is -2.39. The molecule has 0 spiro atoms. The van der Waals surface area contributed by atoms with E-state index in [2.05, 4.69) is 0 Å². The molecule has 4 heteroatoms. The molecule has 1 N–H and O–H groups in total. The summed E-state index contributed by atoms with van der Waals surface area (Å²) in [6.07, 6.45) is 1.67. The van der Waals surface area contributed by atoms with E-state index in [1.807, 2.05) is 19.9 Å². The first kappa shape index (κ1) is 13.9. The minimum Gasteiger partial charge on any atom is -0.508 e. The molecule has 2 rings (SSSR count). The second-order valence-electron chi connectivity index (χ2n) is 4.82. The van der Waals surface area contributed by atoms with Crippen LogP contribution in [-0.2, 0) is 9.53 Å². The van der Waals surface area contributed by atoms with Crippen LogP contribution in [0.25, 0.3) is 0 Å². The lowest BCUT2D eigenvalue weighted by atomic mass is 9.97. The number of hydrogen-bond acceptors (Lipinski definition) is 3. The monoisotopic (exact) mass is 263 g/mol. The van der Waals surface area contributed by atoms with Gasteiger partial charge in [0.05, 0.1) is 12.0 Å². The van der Waals surface area contributed by atoms with Crippen LogP contribution >= 0.6 is 0 Å². The van der Waals surface area contributed by atoms with Gasteiger partial charge in [0.1, 0.15) is 5.75 Å². The Kier molecular flexibility index (Phi) is 4.43. The molecular weight excluding hydrogens is 242 g/mol. The van der Waals surface area contributed by atoms with Crippen LogP contribution in [0.1, 0.15) is 26.7 Å². The highest BCUT2D eigenvalue weighted by molar-refractivity contribution is 5.95. The summed E-state index contributed by atoms with van der Waals surface area (Å²) in [7, 11) is 0. The molecular formula is C15H21NO3. The number of nitrogens with zero attached hydrogens (tertiary/aromatic N) is 1. The van der Waals surface area contributed by atoms with Crippen molar-refractivity contribution in [2.24, 2.45) is 5.92 Å². The van der Waals surface area contributed by atoms with Crippen molar-refractivity contribution >= 4 is 11.6 Å². The number of rotatable bonds is 4. The van der Waals surface area contributed by atoms with Crippen LogP contribution in [0.5, 0.6) is 5.75 Å². The zero-order valence-corrected chi connectivity index (χ0v) is 11.5. The zero-order valence-electron chi connectivity index (χ0n) is 11.5. The van der Waals surface area contributed by atoms with E-state index in [9.17, 15) is 9.90 Å². The number of hydrogen-bond donors (Lipinski definition) is 1. The van der Waals surface area contributed by atoms with Gasteiger partial charge in [0, 0.05) is 24.9 Å². The van der Waals surface area contributed by atoms with Gasteiger partial charge in [-0.3, -0.25) is 4.79 Å². The fourth-order valence-corrected chi connectivity index (χ4v) is 2.66. The summed E-state index contributed by atoms with van der Waals surface area (Å²) in [5.41, 5.74) is 0.745. The molecule has 1 amide bonds. The third kappa shape index (κ3) is 2.89. The van der Waals surface area contributed by atoms with Crippen LogP contribution in [0, 0.1) is 5.92 Å². The summed E-state index contributed by atoms with van der Waals surface area (Å²) in [6.45, 7) is 5.24. The highest BCUT2D eigenvalue weighted by atomic mass is 16.5. The largest absolute Gasteiger partial charge is 0.508 e. The van der Waals surface area contributed by atoms with Crippen LogP contribution in [-0.4, -0.2) is 30.3 Å². The van der Waals surface area contributed by atoms with Gasteiger partial charge in [0.2, 0.25) is 5.91 Å².